The minimum atomic E-state index is -0.548. The summed E-state index contributed by atoms with van der Waals surface area (Å²) in [5, 5.41) is 3.72. The van der Waals surface area contributed by atoms with Crippen LogP contribution in [0.3, 0.4) is 0 Å². The molecule has 0 aliphatic heterocycles. The number of carbonyl (C=O) groups excluding carboxylic acids is 2. The minimum absolute atomic E-state index is 0.0894. The molecule has 0 bridgehead atoms. The molecule has 1 N–H and O–H groups in total. The van der Waals surface area contributed by atoms with E-state index in [2.05, 4.69) is 31.1 Å². The van der Waals surface area contributed by atoms with Gasteiger partial charge in [0, 0.05) is 13.5 Å². The Morgan fingerprint density at radius 1 is 1.37 bits per heavy atom. The van der Waals surface area contributed by atoms with Crippen LogP contribution in [0.1, 0.15) is 54.8 Å². The number of nitrogens with one attached hydrogen (secondary N) is 1. The van der Waals surface area contributed by atoms with E-state index in [1.165, 1.54) is 18.3 Å². The highest BCUT2D eigenvalue weighted by Crippen LogP contribution is 2.25. The van der Waals surface area contributed by atoms with Gasteiger partial charge in [0.1, 0.15) is 4.88 Å². The molecule has 0 aliphatic rings. The van der Waals surface area contributed by atoms with E-state index >= 15 is 0 Å². The van der Waals surface area contributed by atoms with Crippen LogP contribution in [-0.2, 0) is 4.74 Å². The maximum atomic E-state index is 11.7. The van der Waals surface area contributed by atoms with Crippen LogP contribution in [0.15, 0.2) is 0 Å². The lowest BCUT2D eigenvalue weighted by Crippen LogP contribution is -2.19. The molecular weight excluding hydrogens is 264 g/mol. The lowest BCUT2D eigenvalue weighted by molar-refractivity contribution is 0.0517. The summed E-state index contributed by atoms with van der Waals surface area (Å²) in [4.78, 5) is 27.8. The fraction of sp³-hybridized carbons (Fsp3) is 0.615. The van der Waals surface area contributed by atoms with Crippen molar-refractivity contribution in [3.05, 3.63) is 10.6 Å². The fourth-order valence-electron chi connectivity index (χ4n) is 1.31. The number of rotatable bonds is 5. The smallest absolute Gasteiger partial charge is 0.358 e. The molecule has 1 aromatic rings. The minimum Gasteiger partial charge on any atom is -0.461 e. The third-order valence-electron chi connectivity index (χ3n) is 2.19. The Kier molecular flexibility index (Phi) is 5.05. The summed E-state index contributed by atoms with van der Waals surface area (Å²) in [6.45, 7) is 10.4. The topological polar surface area (TPSA) is 68.3 Å². The molecule has 0 atom stereocenters. The number of anilines is 1. The Morgan fingerprint density at radius 3 is 2.47 bits per heavy atom. The molecule has 0 saturated carbocycles. The Labute approximate surface area is 117 Å². The summed E-state index contributed by atoms with van der Waals surface area (Å²) in [6, 6.07) is 0. The molecule has 0 amide bonds. The zero-order chi connectivity index (χ0) is 14.6. The molecule has 6 heteroatoms. The zero-order valence-corrected chi connectivity index (χ0v) is 12.8. The molecule has 0 unspecified atom stereocenters. The van der Waals surface area contributed by atoms with Crippen LogP contribution >= 0.6 is 11.3 Å². The highest BCUT2D eigenvalue weighted by Gasteiger charge is 2.22. The average Bonchev–Trinajstić information content (AvgIpc) is 2.70. The van der Waals surface area contributed by atoms with Gasteiger partial charge in [-0.25, -0.2) is 9.78 Å². The summed E-state index contributed by atoms with van der Waals surface area (Å²) in [6.07, 6.45) is 0. The molecule has 0 aromatic carbocycles. The van der Waals surface area contributed by atoms with E-state index in [1.807, 2.05) is 0 Å². The number of hydrogen-bond acceptors (Lipinski definition) is 6. The number of Topliss-reactive ketones (excluding diaryl/α,β-unsaturated/α-hetero) is 1. The third kappa shape index (κ3) is 4.63. The predicted octanol–water partition coefficient (Wildman–Crippen LogP) is 2.98. The van der Waals surface area contributed by atoms with Gasteiger partial charge in [-0.05, 0) is 12.3 Å². The van der Waals surface area contributed by atoms with E-state index < -0.39 is 5.97 Å². The van der Waals surface area contributed by atoms with Crippen LogP contribution < -0.4 is 5.32 Å². The van der Waals surface area contributed by atoms with Gasteiger partial charge in [0.05, 0.1) is 6.61 Å². The summed E-state index contributed by atoms with van der Waals surface area (Å²) in [5.74, 6) is -0.725. The van der Waals surface area contributed by atoms with Gasteiger partial charge in [-0.3, -0.25) is 4.79 Å². The lowest BCUT2D eigenvalue weighted by Gasteiger charge is -2.17. The first-order valence-electron chi connectivity index (χ1n) is 6.17. The summed E-state index contributed by atoms with van der Waals surface area (Å²) < 4.78 is 4.90. The Bertz CT molecular complexity index is 475. The number of aromatic nitrogens is 1. The summed E-state index contributed by atoms with van der Waals surface area (Å²) >= 11 is 1.19. The number of ketones is 1. The molecule has 106 valence electrons. The molecule has 0 aliphatic carbocycles. The highest BCUT2D eigenvalue weighted by molar-refractivity contribution is 7.17. The van der Waals surface area contributed by atoms with Crippen molar-refractivity contribution in [1.29, 1.82) is 0 Å². The van der Waals surface area contributed by atoms with Gasteiger partial charge in [0.25, 0.3) is 0 Å². The van der Waals surface area contributed by atoms with E-state index in [-0.39, 0.29) is 23.5 Å². The van der Waals surface area contributed by atoms with Crippen LogP contribution in [0.5, 0.6) is 0 Å². The van der Waals surface area contributed by atoms with E-state index in [0.29, 0.717) is 16.6 Å². The van der Waals surface area contributed by atoms with Crippen molar-refractivity contribution in [3.63, 3.8) is 0 Å². The zero-order valence-electron chi connectivity index (χ0n) is 12.0. The first-order valence-corrected chi connectivity index (χ1v) is 6.99. The van der Waals surface area contributed by atoms with Crippen LogP contribution in [0, 0.1) is 5.41 Å². The second kappa shape index (κ2) is 6.14. The van der Waals surface area contributed by atoms with E-state index in [9.17, 15) is 9.59 Å². The normalized spacial score (nSPS) is 11.2. The molecule has 1 heterocycles. The van der Waals surface area contributed by atoms with Crippen LogP contribution in [0.25, 0.3) is 0 Å². The number of thiazole rings is 1. The van der Waals surface area contributed by atoms with Crippen molar-refractivity contribution in [2.24, 2.45) is 5.41 Å². The summed E-state index contributed by atoms with van der Waals surface area (Å²) in [7, 11) is 0. The lowest BCUT2D eigenvalue weighted by atomic mass is 9.97. The van der Waals surface area contributed by atoms with Gasteiger partial charge in [-0.2, -0.15) is 0 Å². The average molecular weight is 284 g/mol. The number of hydrogen-bond donors (Lipinski definition) is 1. The molecule has 0 spiro atoms. The molecule has 0 saturated heterocycles. The van der Waals surface area contributed by atoms with Crippen LogP contribution in [0.2, 0.25) is 0 Å². The molecule has 0 radical (unpaired) electrons. The second-order valence-electron chi connectivity index (χ2n) is 5.39. The van der Waals surface area contributed by atoms with Crippen molar-refractivity contribution in [3.8, 4) is 0 Å². The van der Waals surface area contributed by atoms with Crippen molar-refractivity contribution >= 4 is 28.2 Å². The SMILES string of the molecule is CCOC(=O)c1nc(NCC(C)(C)C)sc1C(C)=O. The predicted molar refractivity (Wildman–Crippen MR) is 76.0 cm³/mol. The molecule has 1 rings (SSSR count). The monoisotopic (exact) mass is 284 g/mol. The van der Waals surface area contributed by atoms with Gasteiger partial charge in [-0.15, -0.1) is 0 Å². The van der Waals surface area contributed by atoms with Crippen molar-refractivity contribution in [2.75, 3.05) is 18.5 Å². The fourth-order valence-corrected chi connectivity index (χ4v) is 2.16. The first kappa shape index (κ1) is 15.6. The molecule has 5 nitrogen and oxygen atoms in total. The Balaban J connectivity index is 2.94. The number of nitrogens with zero attached hydrogens (tertiary/aromatic N) is 1. The van der Waals surface area contributed by atoms with Crippen LogP contribution in [0.4, 0.5) is 5.13 Å². The summed E-state index contributed by atoms with van der Waals surface area (Å²) in [5.41, 5.74) is 0.197. The first-order chi connectivity index (χ1) is 8.74. The number of carbonyl (C=O) groups is 2. The highest BCUT2D eigenvalue weighted by atomic mass is 32.1. The van der Waals surface area contributed by atoms with Gasteiger partial charge in [0.2, 0.25) is 0 Å². The largest absolute Gasteiger partial charge is 0.461 e. The standard InChI is InChI=1S/C13H20N2O3S/c1-6-18-11(17)9-10(8(2)16)19-12(15-9)14-7-13(3,4)5/h6-7H2,1-5H3,(H,14,15). The molecule has 1 aromatic heterocycles. The third-order valence-corrected chi connectivity index (χ3v) is 3.30. The van der Waals surface area contributed by atoms with Gasteiger partial charge < -0.3 is 10.1 Å². The number of esters is 1. The van der Waals surface area contributed by atoms with Crippen molar-refractivity contribution < 1.29 is 14.3 Å². The Morgan fingerprint density at radius 2 is 2.00 bits per heavy atom. The van der Waals surface area contributed by atoms with E-state index in [1.54, 1.807) is 6.92 Å². The van der Waals surface area contributed by atoms with E-state index in [4.69, 9.17) is 4.74 Å². The Hall–Kier alpha value is -1.43. The molecule has 19 heavy (non-hydrogen) atoms. The van der Waals surface area contributed by atoms with Gasteiger partial charge >= 0.3 is 5.97 Å². The van der Waals surface area contributed by atoms with Gasteiger partial charge in [-0.1, -0.05) is 32.1 Å². The van der Waals surface area contributed by atoms with Crippen molar-refractivity contribution in [2.45, 2.75) is 34.6 Å². The second-order valence-corrected chi connectivity index (χ2v) is 6.39. The number of ether oxygens (including phenoxy) is 1. The quantitative estimate of drug-likeness (QED) is 0.665. The van der Waals surface area contributed by atoms with E-state index in [0.717, 1.165) is 0 Å². The molecular formula is C13H20N2O3S. The maximum Gasteiger partial charge on any atom is 0.358 e. The molecule has 0 fully saturated rings. The maximum absolute atomic E-state index is 11.7. The van der Waals surface area contributed by atoms with Crippen molar-refractivity contribution in [1.82, 2.24) is 4.98 Å². The van der Waals surface area contributed by atoms with Gasteiger partial charge in [0.15, 0.2) is 16.6 Å². The van der Waals surface area contributed by atoms with Crippen LogP contribution in [-0.4, -0.2) is 29.9 Å².